The molecule has 0 aliphatic heterocycles. The van der Waals surface area contributed by atoms with Crippen LogP contribution in [-0.2, 0) is 4.79 Å². The zero-order valence-electron chi connectivity index (χ0n) is 11.1. The maximum Gasteiger partial charge on any atom is 0.328 e. The number of carbonyl (C=O) groups is 1. The standard InChI is InChI=1S/C16H12ClFO3/c1-10-9-11(18)5-7-14(10)21-15-4-2-3-13(17)12(15)6-8-16(19)20/h2-9H,1H3,(H,19,20)/b8-6+. The Kier molecular flexibility index (Phi) is 4.60. The Labute approximate surface area is 126 Å². The first kappa shape index (κ1) is 15.1. The van der Waals surface area contributed by atoms with Crippen LogP contribution in [0.1, 0.15) is 11.1 Å². The number of hydrogen-bond donors (Lipinski definition) is 1. The molecule has 21 heavy (non-hydrogen) atoms. The lowest BCUT2D eigenvalue weighted by molar-refractivity contribution is -0.131. The van der Waals surface area contributed by atoms with Crippen LogP contribution in [0.4, 0.5) is 4.39 Å². The fraction of sp³-hybridized carbons (Fsp3) is 0.0625. The van der Waals surface area contributed by atoms with Gasteiger partial charge in [0.15, 0.2) is 0 Å². The number of aliphatic carboxylic acids is 1. The number of hydrogen-bond acceptors (Lipinski definition) is 2. The lowest BCUT2D eigenvalue weighted by Crippen LogP contribution is -1.92. The number of aryl methyl sites for hydroxylation is 1. The highest BCUT2D eigenvalue weighted by Gasteiger charge is 2.09. The van der Waals surface area contributed by atoms with Gasteiger partial charge in [-0.2, -0.15) is 0 Å². The van der Waals surface area contributed by atoms with Crippen LogP contribution in [0.2, 0.25) is 5.02 Å². The SMILES string of the molecule is Cc1cc(F)ccc1Oc1cccc(Cl)c1/C=C/C(=O)O. The molecule has 0 amide bonds. The van der Waals surface area contributed by atoms with Crippen molar-refractivity contribution in [3.05, 3.63) is 64.4 Å². The molecule has 108 valence electrons. The van der Waals surface area contributed by atoms with Gasteiger partial charge in [-0.3, -0.25) is 0 Å². The van der Waals surface area contributed by atoms with Gasteiger partial charge in [0.25, 0.3) is 0 Å². The smallest absolute Gasteiger partial charge is 0.328 e. The van der Waals surface area contributed by atoms with Gasteiger partial charge in [-0.1, -0.05) is 17.7 Å². The lowest BCUT2D eigenvalue weighted by Gasteiger charge is -2.12. The van der Waals surface area contributed by atoms with Crippen molar-refractivity contribution in [1.29, 1.82) is 0 Å². The molecule has 0 heterocycles. The molecular formula is C16H12ClFO3. The molecule has 0 radical (unpaired) electrons. The van der Waals surface area contributed by atoms with E-state index in [2.05, 4.69) is 0 Å². The average molecular weight is 307 g/mol. The largest absolute Gasteiger partial charge is 0.478 e. The van der Waals surface area contributed by atoms with Crippen LogP contribution in [-0.4, -0.2) is 11.1 Å². The first-order valence-corrected chi connectivity index (χ1v) is 6.48. The molecule has 0 saturated heterocycles. The molecule has 0 aromatic heterocycles. The Morgan fingerprint density at radius 1 is 1.29 bits per heavy atom. The summed E-state index contributed by atoms with van der Waals surface area (Å²) in [4.78, 5) is 10.6. The molecule has 0 aliphatic carbocycles. The number of ether oxygens (including phenoxy) is 1. The van der Waals surface area contributed by atoms with E-state index in [4.69, 9.17) is 21.4 Å². The van der Waals surface area contributed by atoms with Crippen molar-refractivity contribution >= 4 is 23.6 Å². The van der Waals surface area contributed by atoms with Gasteiger partial charge in [0, 0.05) is 11.6 Å². The third-order valence-corrected chi connectivity index (χ3v) is 3.09. The Hall–Kier alpha value is -2.33. The average Bonchev–Trinajstić information content (AvgIpc) is 2.41. The molecule has 0 spiro atoms. The number of carboxylic acid groups (broad SMARTS) is 1. The van der Waals surface area contributed by atoms with Crippen LogP contribution in [0, 0.1) is 12.7 Å². The van der Waals surface area contributed by atoms with Crippen molar-refractivity contribution in [3.63, 3.8) is 0 Å². The number of benzene rings is 2. The summed E-state index contributed by atoms with van der Waals surface area (Å²) in [5.41, 5.74) is 1.08. The molecule has 3 nitrogen and oxygen atoms in total. The molecule has 1 N–H and O–H groups in total. The van der Waals surface area contributed by atoms with E-state index in [-0.39, 0.29) is 5.82 Å². The van der Waals surface area contributed by atoms with Crippen molar-refractivity contribution in [2.75, 3.05) is 0 Å². The highest BCUT2D eigenvalue weighted by atomic mass is 35.5. The van der Waals surface area contributed by atoms with Gasteiger partial charge in [0.2, 0.25) is 0 Å². The Bertz CT molecular complexity index is 711. The molecule has 0 atom stereocenters. The molecule has 5 heteroatoms. The van der Waals surface area contributed by atoms with Crippen molar-refractivity contribution in [2.45, 2.75) is 6.92 Å². The molecule has 2 rings (SSSR count). The van der Waals surface area contributed by atoms with Crippen LogP contribution < -0.4 is 4.74 Å². The summed E-state index contributed by atoms with van der Waals surface area (Å²) in [5.74, 6) is -0.561. The second-order valence-electron chi connectivity index (χ2n) is 4.34. The fourth-order valence-corrected chi connectivity index (χ4v) is 2.00. The van der Waals surface area contributed by atoms with Gasteiger partial charge >= 0.3 is 5.97 Å². The molecular weight excluding hydrogens is 295 g/mol. The van der Waals surface area contributed by atoms with E-state index in [0.717, 1.165) is 6.08 Å². The minimum Gasteiger partial charge on any atom is -0.478 e. The molecule has 0 fully saturated rings. The van der Waals surface area contributed by atoms with Gasteiger partial charge in [0.1, 0.15) is 17.3 Å². The Morgan fingerprint density at radius 2 is 2.05 bits per heavy atom. The third kappa shape index (κ3) is 3.83. The highest BCUT2D eigenvalue weighted by molar-refractivity contribution is 6.32. The monoisotopic (exact) mass is 306 g/mol. The van der Waals surface area contributed by atoms with E-state index in [1.165, 1.54) is 24.3 Å². The van der Waals surface area contributed by atoms with Gasteiger partial charge in [-0.15, -0.1) is 0 Å². The lowest BCUT2D eigenvalue weighted by atomic mass is 10.1. The third-order valence-electron chi connectivity index (χ3n) is 2.76. The maximum absolute atomic E-state index is 13.1. The van der Waals surface area contributed by atoms with Crippen LogP contribution in [0.3, 0.4) is 0 Å². The molecule has 0 saturated carbocycles. The predicted molar refractivity (Wildman–Crippen MR) is 79.3 cm³/mol. The minimum atomic E-state index is -1.08. The number of rotatable bonds is 4. The molecule has 0 bridgehead atoms. The summed E-state index contributed by atoms with van der Waals surface area (Å²) >= 11 is 6.06. The van der Waals surface area contributed by atoms with Gasteiger partial charge < -0.3 is 9.84 Å². The first-order chi connectivity index (χ1) is 9.97. The molecule has 0 unspecified atom stereocenters. The van der Waals surface area contributed by atoms with Crippen LogP contribution >= 0.6 is 11.6 Å². The van der Waals surface area contributed by atoms with Crippen LogP contribution in [0.5, 0.6) is 11.5 Å². The van der Waals surface area contributed by atoms with Crippen molar-refractivity contribution < 1.29 is 19.0 Å². The summed E-state index contributed by atoms with van der Waals surface area (Å²) in [6.45, 7) is 1.72. The van der Waals surface area contributed by atoms with Crippen LogP contribution in [0.25, 0.3) is 6.08 Å². The summed E-state index contributed by atoms with van der Waals surface area (Å²) in [6, 6.07) is 9.14. The zero-order valence-corrected chi connectivity index (χ0v) is 11.9. The summed E-state index contributed by atoms with van der Waals surface area (Å²) < 4.78 is 18.8. The molecule has 2 aromatic rings. The maximum atomic E-state index is 13.1. The van der Waals surface area contributed by atoms with E-state index < -0.39 is 5.97 Å². The van der Waals surface area contributed by atoms with Crippen molar-refractivity contribution in [1.82, 2.24) is 0 Å². The van der Waals surface area contributed by atoms with Gasteiger partial charge in [-0.25, -0.2) is 9.18 Å². The Balaban J connectivity index is 2.40. The zero-order chi connectivity index (χ0) is 15.4. The Morgan fingerprint density at radius 3 is 2.71 bits per heavy atom. The molecule has 0 aliphatic rings. The van der Waals surface area contributed by atoms with Gasteiger partial charge in [-0.05, 0) is 48.9 Å². The predicted octanol–water partition coefficient (Wildman–Crippen LogP) is 4.68. The summed E-state index contributed by atoms with van der Waals surface area (Å²) in [5, 5.41) is 9.07. The minimum absolute atomic E-state index is 0.350. The van der Waals surface area contributed by atoms with Crippen molar-refractivity contribution in [3.8, 4) is 11.5 Å². The first-order valence-electron chi connectivity index (χ1n) is 6.11. The van der Waals surface area contributed by atoms with E-state index in [0.29, 0.717) is 27.6 Å². The topological polar surface area (TPSA) is 46.5 Å². The summed E-state index contributed by atoms with van der Waals surface area (Å²) in [6.07, 6.45) is 2.34. The van der Waals surface area contributed by atoms with Crippen molar-refractivity contribution in [2.24, 2.45) is 0 Å². The normalized spacial score (nSPS) is 10.8. The van der Waals surface area contributed by atoms with E-state index in [9.17, 15) is 9.18 Å². The summed E-state index contributed by atoms with van der Waals surface area (Å²) in [7, 11) is 0. The second-order valence-corrected chi connectivity index (χ2v) is 4.74. The number of halogens is 2. The quantitative estimate of drug-likeness (QED) is 0.834. The molecule has 2 aromatic carbocycles. The van der Waals surface area contributed by atoms with E-state index in [1.54, 1.807) is 25.1 Å². The van der Waals surface area contributed by atoms with E-state index >= 15 is 0 Å². The van der Waals surface area contributed by atoms with E-state index in [1.807, 2.05) is 0 Å². The number of carboxylic acids is 1. The van der Waals surface area contributed by atoms with Gasteiger partial charge in [0.05, 0.1) is 5.02 Å². The highest BCUT2D eigenvalue weighted by Crippen LogP contribution is 2.33. The van der Waals surface area contributed by atoms with Crippen LogP contribution in [0.15, 0.2) is 42.5 Å². The fourth-order valence-electron chi connectivity index (χ4n) is 1.77. The second kappa shape index (κ2) is 6.41.